The van der Waals surface area contributed by atoms with Crippen LogP contribution in [-0.2, 0) is 24.4 Å². The predicted octanol–water partition coefficient (Wildman–Crippen LogP) is 2.96. The van der Waals surface area contributed by atoms with E-state index in [1.165, 1.54) is 0 Å². The first-order chi connectivity index (χ1) is 11.2. The fourth-order valence-electron chi connectivity index (χ4n) is 2.22. The van der Waals surface area contributed by atoms with E-state index in [2.05, 4.69) is 10.3 Å². The highest BCUT2D eigenvalue weighted by Gasteiger charge is 2.10. The van der Waals surface area contributed by atoms with E-state index in [1.54, 1.807) is 24.3 Å². The van der Waals surface area contributed by atoms with Gasteiger partial charge in [0.05, 0.1) is 6.61 Å². The zero-order chi connectivity index (χ0) is 16.5. The molecule has 0 aliphatic carbocycles. The molecule has 0 spiro atoms. The predicted molar refractivity (Wildman–Crippen MR) is 89.7 cm³/mol. The van der Waals surface area contributed by atoms with Gasteiger partial charge in [0.1, 0.15) is 0 Å². The molecule has 5 heteroatoms. The Morgan fingerprint density at radius 2 is 1.87 bits per heavy atom. The largest absolute Gasteiger partial charge is 0.377 e. The molecule has 0 radical (unpaired) electrons. The van der Waals surface area contributed by atoms with Crippen LogP contribution in [0.4, 0.5) is 4.79 Å². The summed E-state index contributed by atoms with van der Waals surface area (Å²) in [6.07, 6.45) is 3.45. The molecule has 1 aromatic carbocycles. The smallest absolute Gasteiger partial charge is 0.317 e. The van der Waals surface area contributed by atoms with Gasteiger partial charge in [-0.1, -0.05) is 24.3 Å². The summed E-state index contributed by atoms with van der Waals surface area (Å²) in [5, 5.41) is 2.95. The quantitative estimate of drug-likeness (QED) is 0.855. The number of carbonyl (C=O) groups is 1. The summed E-state index contributed by atoms with van der Waals surface area (Å²) in [7, 11) is 1.78. The Morgan fingerprint density at radius 1 is 1.17 bits per heavy atom. The summed E-state index contributed by atoms with van der Waals surface area (Å²) in [4.78, 5) is 17.8. The average molecular weight is 313 g/mol. The minimum Gasteiger partial charge on any atom is -0.377 e. The highest BCUT2D eigenvalue weighted by Crippen LogP contribution is 2.10. The van der Waals surface area contributed by atoms with Crippen molar-refractivity contribution >= 4 is 6.03 Å². The fraction of sp³-hybridized carbons (Fsp3) is 0.333. The van der Waals surface area contributed by atoms with Crippen molar-refractivity contribution in [3.63, 3.8) is 0 Å². The molecular weight excluding hydrogens is 290 g/mol. The molecule has 0 atom stereocenters. The number of nitrogens with zero attached hydrogens (tertiary/aromatic N) is 2. The second kappa shape index (κ2) is 8.90. The summed E-state index contributed by atoms with van der Waals surface area (Å²) in [5.41, 5.74) is 3.23. The number of carbonyl (C=O) groups excluding carboxylic acids is 1. The van der Waals surface area contributed by atoms with Gasteiger partial charge in [0.2, 0.25) is 0 Å². The van der Waals surface area contributed by atoms with Gasteiger partial charge in [-0.15, -0.1) is 0 Å². The topological polar surface area (TPSA) is 54.5 Å². The highest BCUT2D eigenvalue weighted by atomic mass is 16.5. The molecule has 0 bridgehead atoms. The molecule has 1 heterocycles. The maximum absolute atomic E-state index is 12.2. The molecule has 0 saturated carbocycles. The number of hydrogen-bond donors (Lipinski definition) is 1. The molecule has 0 unspecified atom stereocenters. The van der Waals surface area contributed by atoms with Crippen LogP contribution in [0.1, 0.15) is 23.6 Å². The van der Waals surface area contributed by atoms with Crippen LogP contribution in [0.5, 0.6) is 0 Å². The number of ether oxygens (including phenoxy) is 1. The lowest BCUT2D eigenvalue weighted by atomic mass is 10.1. The maximum atomic E-state index is 12.2. The number of hydrogen-bond acceptors (Lipinski definition) is 3. The van der Waals surface area contributed by atoms with Crippen molar-refractivity contribution in [3.05, 3.63) is 65.5 Å². The number of amides is 2. The third-order valence-electron chi connectivity index (χ3n) is 3.53. The summed E-state index contributed by atoms with van der Waals surface area (Å²) < 4.78 is 5.46. The lowest BCUT2D eigenvalue weighted by molar-refractivity contribution is 0.133. The number of pyridine rings is 1. The van der Waals surface area contributed by atoms with E-state index in [4.69, 9.17) is 4.74 Å². The molecule has 2 aromatic rings. The summed E-state index contributed by atoms with van der Waals surface area (Å²) in [6.45, 7) is 4.25. The van der Waals surface area contributed by atoms with Gasteiger partial charge >= 0.3 is 6.03 Å². The fourth-order valence-corrected chi connectivity index (χ4v) is 2.22. The number of nitrogens with one attached hydrogen (secondary N) is 1. The number of benzene rings is 1. The Balaban J connectivity index is 1.89. The van der Waals surface area contributed by atoms with Gasteiger partial charge in [-0.3, -0.25) is 4.98 Å². The van der Waals surface area contributed by atoms with Gasteiger partial charge in [-0.25, -0.2) is 4.79 Å². The SMILES string of the molecule is CCOCc1ccccc1CNC(=O)N(C)Cc1ccncc1. The second-order valence-corrected chi connectivity index (χ2v) is 5.28. The first kappa shape index (κ1) is 17.0. The van der Waals surface area contributed by atoms with Crippen molar-refractivity contribution in [1.82, 2.24) is 15.2 Å². The molecule has 0 fully saturated rings. The van der Waals surface area contributed by atoms with E-state index in [0.29, 0.717) is 26.3 Å². The van der Waals surface area contributed by atoms with Crippen LogP contribution in [0, 0.1) is 0 Å². The van der Waals surface area contributed by atoms with E-state index in [9.17, 15) is 4.79 Å². The molecule has 0 saturated heterocycles. The molecule has 0 aliphatic heterocycles. The maximum Gasteiger partial charge on any atom is 0.317 e. The van der Waals surface area contributed by atoms with Crippen LogP contribution in [0.25, 0.3) is 0 Å². The van der Waals surface area contributed by atoms with Crippen LogP contribution in [0.15, 0.2) is 48.8 Å². The lowest BCUT2D eigenvalue weighted by Crippen LogP contribution is -2.36. The van der Waals surface area contributed by atoms with Crippen LogP contribution in [-0.4, -0.2) is 29.6 Å². The summed E-state index contributed by atoms with van der Waals surface area (Å²) in [5.74, 6) is 0. The molecule has 122 valence electrons. The second-order valence-electron chi connectivity index (χ2n) is 5.28. The monoisotopic (exact) mass is 313 g/mol. The number of urea groups is 1. The Labute approximate surface area is 137 Å². The molecule has 5 nitrogen and oxygen atoms in total. The van der Waals surface area contributed by atoms with Crippen LogP contribution >= 0.6 is 0 Å². The molecule has 1 aromatic heterocycles. The van der Waals surface area contributed by atoms with Crippen LogP contribution in [0.3, 0.4) is 0 Å². The van der Waals surface area contributed by atoms with Gasteiger partial charge in [0.25, 0.3) is 0 Å². The third-order valence-corrected chi connectivity index (χ3v) is 3.53. The molecule has 2 rings (SSSR count). The van der Waals surface area contributed by atoms with E-state index in [1.807, 2.05) is 43.3 Å². The molecular formula is C18H23N3O2. The Hall–Kier alpha value is -2.40. The normalized spacial score (nSPS) is 10.3. The van der Waals surface area contributed by atoms with Gasteiger partial charge < -0.3 is 15.0 Å². The van der Waals surface area contributed by atoms with Crippen LogP contribution < -0.4 is 5.32 Å². The Morgan fingerprint density at radius 3 is 2.57 bits per heavy atom. The highest BCUT2D eigenvalue weighted by molar-refractivity contribution is 5.73. The average Bonchev–Trinajstić information content (AvgIpc) is 2.59. The van der Waals surface area contributed by atoms with E-state index >= 15 is 0 Å². The number of aromatic nitrogens is 1. The first-order valence-corrected chi connectivity index (χ1v) is 7.73. The van der Waals surface area contributed by atoms with Crippen molar-refractivity contribution < 1.29 is 9.53 Å². The zero-order valence-corrected chi connectivity index (χ0v) is 13.7. The molecule has 23 heavy (non-hydrogen) atoms. The van der Waals surface area contributed by atoms with Gasteiger partial charge in [-0.2, -0.15) is 0 Å². The minimum absolute atomic E-state index is 0.104. The summed E-state index contributed by atoms with van der Waals surface area (Å²) >= 11 is 0. The minimum atomic E-state index is -0.104. The first-order valence-electron chi connectivity index (χ1n) is 7.73. The standard InChI is InChI=1S/C18H23N3O2/c1-3-23-14-17-7-5-4-6-16(17)12-20-18(22)21(2)13-15-8-10-19-11-9-15/h4-11H,3,12-14H2,1-2H3,(H,20,22). The van der Waals surface area contributed by atoms with Gasteiger partial charge in [0, 0.05) is 39.1 Å². The van der Waals surface area contributed by atoms with E-state index < -0.39 is 0 Å². The number of rotatable bonds is 7. The van der Waals surface area contributed by atoms with Gasteiger partial charge in [-0.05, 0) is 35.7 Å². The zero-order valence-electron chi connectivity index (χ0n) is 13.7. The van der Waals surface area contributed by atoms with Crippen LogP contribution in [0.2, 0.25) is 0 Å². The Bertz CT molecular complexity index is 617. The van der Waals surface area contributed by atoms with Crippen molar-refractivity contribution in [2.24, 2.45) is 0 Å². The molecule has 0 aliphatic rings. The summed E-state index contributed by atoms with van der Waals surface area (Å²) in [6, 6.07) is 11.7. The van der Waals surface area contributed by atoms with Gasteiger partial charge in [0.15, 0.2) is 0 Å². The van der Waals surface area contributed by atoms with Crippen molar-refractivity contribution in [2.45, 2.75) is 26.6 Å². The van der Waals surface area contributed by atoms with E-state index in [-0.39, 0.29) is 6.03 Å². The lowest BCUT2D eigenvalue weighted by Gasteiger charge is -2.18. The van der Waals surface area contributed by atoms with Crippen molar-refractivity contribution in [2.75, 3.05) is 13.7 Å². The molecule has 1 N–H and O–H groups in total. The third kappa shape index (κ3) is 5.38. The van der Waals surface area contributed by atoms with Crippen molar-refractivity contribution in [3.8, 4) is 0 Å². The molecule has 2 amide bonds. The Kier molecular flexibility index (Phi) is 6.56. The van der Waals surface area contributed by atoms with Crippen molar-refractivity contribution in [1.29, 1.82) is 0 Å². The van der Waals surface area contributed by atoms with E-state index in [0.717, 1.165) is 16.7 Å².